The third-order valence-electron chi connectivity index (χ3n) is 3.67. The van der Waals surface area contributed by atoms with Crippen LogP contribution in [0.5, 0.6) is 0 Å². The highest BCUT2D eigenvalue weighted by molar-refractivity contribution is 5.88. The first-order valence-electron chi connectivity index (χ1n) is 6.29. The molecule has 2 rings (SSSR count). The lowest BCUT2D eigenvalue weighted by Gasteiger charge is -2.33. The number of carbonyl (C=O) groups is 1. The Morgan fingerprint density at radius 2 is 1.88 bits per heavy atom. The summed E-state index contributed by atoms with van der Waals surface area (Å²) in [5.41, 5.74) is 1.50. The Morgan fingerprint density at radius 1 is 1.29 bits per heavy atom. The Morgan fingerprint density at radius 3 is 2.35 bits per heavy atom. The number of nitrogens with zero attached hydrogens (tertiary/aromatic N) is 1. The summed E-state index contributed by atoms with van der Waals surface area (Å²) < 4.78 is 0. The van der Waals surface area contributed by atoms with Gasteiger partial charge in [0.05, 0.1) is 5.56 Å². The summed E-state index contributed by atoms with van der Waals surface area (Å²) in [6, 6.07) is 7.19. The number of aromatic carboxylic acids is 1. The molecule has 0 aromatic heterocycles. The van der Waals surface area contributed by atoms with E-state index in [1.807, 2.05) is 12.1 Å². The molecule has 1 aromatic rings. The van der Waals surface area contributed by atoms with Gasteiger partial charge >= 0.3 is 5.97 Å². The molecule has 1 aromatic carbocycles. The fraction of sp³-hybridized carbons (Fsp3) is 0.500. The van der Waals surface area contributed by atoms with Gasteiger partial charge in [-0.15, -0.1) is 0 Å². The van der Waals surface area contributed by atoms with Gasteiger partial charge in [0.15, 0.2) is 0 Å². The minimum atomic E-state index is -0.860. The molecule has 17 heavy (non-hydrogen) atoms. The van der Waals surface area contributed by atoms with Crippen LogP contribution in [0.25, 0.3) is 0 Å². The molecule has 3 heteroatoms. The molecule has 0 saturated carbocycles. The van der Waals surface area contributed by atoms with Crippen LogP contribution < -0.4 is 4.90 Å². The Hall–Kier alpha value is -1.51. The van der Waals surface area contributed by atoms with Gasteiger partial charge in [0.2, 0.25) is 0 Å². The molecule has 0 radical (unpaired) electrons. The average Bonchev–Trinajstić information content (AvgIpc) is 2.39. The zero-order valence-electron chi connectivity index (χ0n) is 10.2. The van der Waals surface area contributed by atoms with Gasteiger partial charge in [-0.1, -0.05) is 13.3 Å². The number of carboxylic acid groups (broad SMARTS) is 1. The molecule has 3 nitrogen and oxygen atoms in total. The number of hydrogen-bond acceptors (Lipinski definition) is 2. The van der Waals surface area contributed by atoms with Gasteiger partial charge in [0.25, 0.3) is 0 Å². The van der Waals surface area contributed by atoms with E-state index in [0.717, 1.165) is 24.7 Å². The summed E-state index contributed by atoms with van der Waals surface area (Å²) in [5.74, 6) is 0.00536. The summed E-state index contributed by atoms with van der Waals surface area (Å²) in [4.78, 5) is 13.1. The first kappa shape index (κ1) is 12.0. The zero-order chi connectivity index (χ0) is 12.3. The Bertz CT molecular complexity index is 378. The van der Waals surface area contributed by atoms with Crippen LogP contribution in [-0.4, -0.2) is 24.2 Å². The first-order chi connectivity index (χ1) is 8.20. The van der Waals surface area contributed by atoms with Crippen LogP contribution in [0, 0.1) is 5.92 Å². The molecule has 0 atom stereocenters. The van der Waals surface area contributed by atoms with Gasteiger partial charge in [-0.3, -0.25) is 0 Å². The van der Waals surface area contributed by atoms with Crippen molar-refractivity contribution in [2.45, 2.75) is 26.2 Å². The van der Waals surface area contributed by atoms with E-state index >= 15 is 0 Å². The lowest BCUT2D eigenvalue weighted by atomic mass is 9.94. The van der Waals surface area contributed by atoms with Gasteiger partial charge in [-0.25, -0.2) is 4.79 Å². The molecule has 0 aliphatic carbocycles. The second kappa shape index (κ2) is 5.21. The number of piperidine rings is 1. The van der Waals surface area contributed by atoms with Crippen molar-refractivity contribution in [1.29, 1.82) is 0 Å². The molecule has 1 aliphatic heterocycles. The highest BCUT2D eigenvalue weighted by Gasteiger charge is 2.17. The summed E-state index contributed by atoms with van der Waals surface area (Å²) >= 11 is 0. The minimum Gasteiger partial charge on any atom is -0.478 e. The standard InChI is InChI=1S/C14H19NO2/c1-2-11-7-9-15(10-8-11)13-5-3-12(4-6-13)14(16)17/h3-6,11H,2,7-10H2,1H3,(H,16,17). The number of hydrogen-bond donors (Lipinski definition) is 1. The second-order valence-electron chi connectivity index (χ2n) is 4.69. The number of rotatable bonds is 3. The molecule has 1 N–H and O–H groups in total. The van der Waals surface area contributed by atoms with Crippen molar-refractivity contribution in [2.75, 3.05) is 18.0 Å². The highest BCUT2D eigenvalue weighted by atomic mass is 16.4. The lowest BCUT2D eigenvalue weighted by Crippen LogP contribution is -2.33. The van der Waals surface area contributed by atoms with Gasteiger partial charge in [-0.2, -0.15) is 0 Å². The van der Waals surface area contributed by atoms with E-state index in [2.05, 4.69) is 11.8 Å². The van der Waals surface area contributed by atoms with E-state index in [4.69, 9.17) is 5.11 Å². The number of carboxylic acids is 1. The topological polar surface area (TPSA) is 40.5 Å². The van der Waals surface area contributed by atoms with Crippen molar-refractivity contribution >= 4 is 11.7 Å². The molecule has 1 fully saturated rings. The minimum absolute atomic E-state index is 0.359. The van der Waals surface area contributed by atoms with Crippen LogP contribution in [0.4, 0.5) is 5.69 Å². The van der Waals surface area contributed by atoms with Crippen molar-refractivity contribution in [1.82, 2.24) is 0 Å². The van der Waals surface area contributed by atoms with Crippen molar-refractivity contribution in [3.8, 4) is 0 Å². The Kier molecular flexibility index (Phi) is 3.67. The number of anilines is 1. The predicted octanol–water partition coefficient (Wildman–Crippen LogP) is 3.01. The molecule has 92 valence electrons. The van der Waals surface area contributed by atoms with Crippen LogP contribution in [-0.2, 0) is 0 Å². The predicted molar refractivity (Wildman–Crippen MR) is 68.6 cm³/mol. The molecular weight excluding hydrogens is 214 g/mol. The van der Waals surface area contributed by atoms with Crippen LogP contribution in [0.2, 0.25) is 0 Å². The molecule has 0 unspecified atom stereocenters. The van der Waals surface area contributed by atoms with Gasteiger partial charge in [-0.05, 0) is 43.0 Å². The molecule has 1 saturated heterocycles. The number of benzene rings is 1. The summed E-state index contributed by atoms with van der Waals surface area (Å²) in [7, 11) is 0. The van der Waals surface area contributed by atoms with Crippen molar-refractivity contribution < 1.29 is 9.90 Å². The summed E-state index contributed by atoms with van der Waals surface area (Å²) in [6.45, 7) is 4.43. The zero-order valence-corrected chi connectivity index (χ0v) is 10.2. The SMILES string of the molecule is CCC1CCN(c2ccc(C(=O)O)cc2)CC1. The summed E-state index contributed by atoms with van der Waals surface area (Å²) in [6.07, 6.45) is 3.76. The third-order valence-corrected chi connectivity index (χ3v) is 3.67. The van der Waals surface area contributed by atoms with E-state index in [-0.39, 0.29) is 0 Å². The van der Waals surface area contributed by atoms with Crippen molar-refractivity contribution in [3.05, 3.63) is 29.8 Å². The van der Waals surface area contributed by atoms with Crippen LogP contribution in [0.3, 0.4) is 0 Å². The molecule has 0 amide bonds. The second-order valence-corrected chi connectivity index (χ2v) is 4.69. The highest BCUT2D eigenvalue weighted by Crippen LogP contribution is 2.25. The van der Waals surface area contributed by atoms with Crippen LogP contribution >= 0.6 is 0 Å². The van der Waals surface area contributed by atoms with Crippen molar-refractivity contribution in [2.24, 2.45) is 5.92 Å². The molecule has 1 aliphatic rings. The molecule has 0 bridgehead atoms. The first-order valence-corrected chi connectivity index (χ1v) is 6.29. The molecular formula is C14H19NO2. The third kappa shape index (κ3) is 2.78. The average molecular weight is 233 g/mol. The van der Waals surface area contributed by atoms with Crippen LogP contribution in [0.1, 0.15) is 36.5 Å². The fourth-order valence-corrected chi connectivity index (χ4v) is 2.41. The van der Waals surface area contributed by atoms with Gasteiger partial charge in [0.1, 0.15) is 0 Å². The van der Waals surface area contributed by atoms with E-state index < -0.39 is 5.97 Å². The van der Waals surface area contributed by atoms with E-state index in [1.54, 1.807) is 12.1 Å². The maximum absolute atomic E-state index is 10.8. The molecule has 0 spiro atoms. The largest absolute Gasteiger partial charge is 0.478 e. The normalized spacial score (nSPS) is 17.1. The van der Waals surface area contributed by atoms with Gasteiger partial charge in [0, 0.05) is 18.8 Å². The van der Waals surface area contributed by atoms with Crippen molar-refractivity contribution in [3.63, 3.8) is 0 Å². The van der Waals surface area contributed by atoms with E-state index in [0.29, 0.717) is 5.56 Å². The van der Waals surface area contributed by atoms with E-state index in [1.165, 1.54) is 19.3 Å². The van der Waals surface area contributed by atoms with E-state index in [9.17, 15) is 4.79 Å². The monoisotopic (exact) mass is 233 g/mol. The quantitative estimate of drug-likeness (QED) is 0.872. The van der Waals surface area contributed by atoms with Gasteiger partial charge < -0.3 is 10.0 Å². The fourth-order valence-electron chi connectivity index (χ4n) is 2.41. The summed E-state index contributed by atoms with van der Waals surface area (Å²) in [5, 5.41) is 8.84. The Balaban J connectivity index is 2.01. The maximum atomic E-state index is 10.8. The molecule has 1 heterocycles. The maximum Gasteiger partial charge on any atom is 0.335 e. The van der Waals surface area contributed by atoms with Crippen LogP contribution in [0.15, 0.2) is 24.3 Å². The smallest absolute Gasteiger partial charge is 0.335 e. The Labute approximate surface area is 102 Å². The lowest BCUT2D eigenvalue weighted by molar-refractivity contribution is 0.0697.